The number of benzene rings is 2. The quantitative estimate of drug-likeness (QED) is 0.768. The molecule has 0 fully saturated rings. The van der Waals surface area contributed by atoms with E-state index in [2.05, 4.69) is 41.5 Å². The summed E-state index contributed by atoms with van der Waals surface area (Å²) in [7, 11) is 0. The monoisotopic (exact) mass is 295 g/mol. The summed E-state index contributed by atoms with van der Waals surface area (Å²) < 4.78 is 5.64. The van der Waals surface area contributed by atoms with E-state index in [-0.39, 0.29) is 5.75 Å². The van der Waals surface area contributed by atoms with E-state index in [1.54, 1.807) is 24.3 Å². The van der Waals surface area contributed by atoms with Gasteiger partial charge in [-0.1, -0.05) is 18.2 Å². The molecule has 22 heavy (non-hydrogen) atoms. The summed E-state index contributed by atoms with van der Waals surface area (Å²) in [6.45, 7) is 4.59. The molecule has 3 aromatic rings. The van der Waals surface area contributed by atoms with Crippen LogP contribution in [0.25, 0.3) is 11.5 Å². The highest BCUT2D eigenvalue weighted by atomic mass is 16.4. The van der Waals surface area contributed by atoms with Crippen molar-refractivity contribution in [2.24, 2.45) is 0 Å². The van der Waals surface area contributed by atoms with Gasteiger partial charge in [-0.05, 0) is 49.2 Å². The van der Waals surface area contributed by atoms with E-state index in [1.807, 2.05) is 6.07 Å². The third-order valence-electron chi connectivity index (χ3n) is 3.48. The number of anilines is 1. The van der Waals surface area contributed by atoms with Crippen LogP contribution in [-0.2, 0) is 6.54 Å². The lowest BCUT2D eigenvalue weighted by Crippen LogP contribution is -2.03. The average molecular weight is 295 g/mol. The number of nitrogens with one attached hydrogen (secondary N) is 1. The first-order valence-corrected chi connectivity index (χ1v) is 7.05. The SMILES string of the molecule is Cc1cccc(C)c1NCc1nnc(-c2ccc(O)cc2)o1. The van der Waals surface area contributed by atoms with E-state index < -0.39 is 0 Å². The van der Waals surface area contributed by atoms with Crippen molar-refractivity contribution in [3.05, 3.63) is 59.5 Å². The van der Waals surface area contributed by atoms with Gasteiger partial charge >= 0.3 is 0 Å². The van der Waals surface area contributed by atoms with Crippen LogP contribution >= 0.6 is 0 Å². The Morgan fingerprint density at radius 2 is 1.68 bits per heavy atom. The van der Waals surface area contributed by atoms with Crippen molar-refractivity contribution in [3.8, 4) is 17.2 Å². The standard InChI is InChI=1S/C17H17N3O2/c1-11-4-3-5-12(2)16(11)18-10-15-19-20-17(22-15)13-6-8-14(21)9-7-13/h3-9,18,21H,10H2,1-2H3. The smallest absolute Gasteiger partial charge is 0.247 e. The van der Waals surface area contributed by atoms with Crippen LogP contribution in [0.4, 0.5) is 5.69 Å². The number of phenols is 1. The number of aromatic hydroxyl groups is 1. The Morgan fingerprint density at radius 3 is 2.36 bits per heavy atom. The molecule has 0 saturated carbocycles. The first-order valence-electron chi connectivity index (χ1n) is 7.05. The zero-order valence-corrected chi connectivity index (χ0v) is 12.5. The van der Waals surface area contributed by atoms with Gasteiger partial charge < -0.3 is 14.8 Å². The number of hydrogen-bond acceptors (Lipinski definition) is 5. The Hall–Kier alpha value is -2.82. The molecule has 0 aliphatic rings. The summed E-state index contributed by atoms with van der Waals surface area (Å²) in [5, 5.41) is 20.7. The minimum Gasteiger partial charge on any atom is -0.508 e. The lowest BCUT2D eigenvalue weighted by Gasteiger charge is -2.10. The fourth-order valence-electron chi connectivity index (χ4n) is 2.30. The molecule has 0 aliphatic heterocycles. The van der Waals surface area contributed by atoms with Gasteiger partial charge in [0.1, 0.15) is 5.75 Å². The molecule has 1 heterocycles. The fraction of sp³-hybridized carbons (Fsp3) is 0.176. The van der Waals surface area contributed by atoms with Crippen molar-refractivity contribution in [2.45, 2.75) is 20.4 Å². The second kappa shape index (κ2) is 5.89. The van der Waals surface area contributed by atoms with Crippen molar-refractivity contribution < 1.29 is 9.52 Å². The lowest BCUT2D eigenvalue weighted by molar-refractivity contribution is 0.475. The van der Waals surface area contributed by atoms with Gasteiger partial charge in [-0.3, -0.25) is 0 Å². The zero-order chi connectivity index (χ0) is 15.5. The van der Waals surface area contributed by atoms with E-state index in [4.69, 9.17) is 4.42 Å². The molecule has 2 aromatic carbocycles. The predicted octanol–water partition coefficient (Wildman–Crippen LogP) is 3.67. The van der Waals surface area contributed by atoms with E-state index in [1.165, 1.54) is 11.1 Å². The molecule has 3 rings (SSSR count). The van der Waals surface area contributed by atoms with Crippen LogP contribution in [0.15, 0.2) is 46.9 Å². The van der Waals surface area contributed by atoms with Gasteiger partial charge in [0.25, 0.3) is 0 Å². The summed E-state index contributed by atoms with van der Waals surface area (Å²) >= 11 is 0. The Labute approximate surface area is 128 Å². The summed E-state index contributed by atoms with van der Waals surface area (Å²) in [6, 6.07) is 12.8. The van der Waals surface area contributed by atoms with Crippen LogP contribution in [0.5, 0.6) is 5.75 Å². The molecule has 2 N–H and O–H groups in total. The van der Waals surface area contributed by atoms with Crippen LogP contribution in [0, 0.1) is 13.8 Å². The second-order valence-corrected chi connectivity index (χ2v) is 5.17. The third kappa shape index (κ3) is 2.93. The normalized spacial score (nSPS) is 10.6. The number of para-hydroxylation sites is 1. The molecule has 0 atom stereocenters. The first-order chi connectivity index (χ1) is 10.6. The van der Waals surface area contributed by atoms with Crippen molar-refractivity contribution >= 4 is 5.69 Å². The number of aryl methyl sites for hydroxylation is 2. The molecule has 0 amide bonds. The van der Waals surface area contributed by atoms with Gasteiger partial charge in [0.05, 0.1) is 6.54 Å². The van der Waals surface area contributed by atoms with Gasteiger partial charge in [0.2, 0.25) is 11.8 Å². The van der Waals surface area contributed by atoms with E-state index in [0.717, 1.165) is 11.3 Å². The summed E-state index contributed by atoms with van der Waals surface area (Å²) in [4.78, 5) is 0. The number of nitrogens with zero attached hydrogens (tertiary/aromatic N) is 2. The van der Waals surface area contributed by atoms with Gasteiger partial charge in [-0.15, -0.1) is 10.2 Å². The molecule has 5 nitrogen and oxygen atoms in total. The van der Waals surface area contributed by atoms with E-state index in [0.29, 0.717) is 18.3 Å². The fourth-order valence-corrected chi connectivity index (χ4v) is 2.30. The lowest BCUT2D eigenvalue weighted by atomic mass is 10.1. The molecule has 0 aliphatic carbocycles. The number of aromatic nitrogens is 2. The summed E-state index contributed by atoms with van der Waals surface area (Å²) in [6.07, 6.45) is 0. The van der Waals surface area contributed by atoms with Crippen LogP contribution in [0.2, 0.25) is 0 Å². The molecule has 112 valence electrons. The number of phenolic OH excluding ortho intramolecular Hbond substituents is 1. The number of hydrogen-bond donors (Lipinski definition) is 2. The Kier molecular flexibility index (Phi) is 3.78. The maximum atomic E-state index is 9.29. The Morgan fingerprint density at radius 1 is 1.00 bits per heavy atom. The minimum atomic E-state index is 0.209. The molecule has 0 radical (unpaired) electrons. The van der Waals surface area contributed by atoms with Crippen LogP contribution in [-0.4, -0.2) is 15.3 Å². The first kappa shape index (κ1) is 14.1. The summed E-state index contributed by atoms with van der Waals surface area (Å²) in [5.41, 5.74) is 4.23. The van der Waals surface area contributed by atoms with Crippen LogP contribution in [0.3, 0.4) is 0 Å². The molecule has 0 spiro atoms. The van der Waals surface area contributed by atoms with Crippen molar-refractivity contribution in [2.75, 3.05) is 5.32 Å². The van der Waals surface area contributed by atoms with Gasteiger partial charge in [0.15, 0.2) is 0 Å². The zero-order valence-electron chi connectivity index (χ0n) is 12.5. The third-order valence-corrected chi connectivity index (χ3v) is 3.48. The van der Waals surface area contributed by atoms with Gasteiger partial charge in [-0.2, -0.15) is 0 Å². The topological polar surface area (TPSA) is 71.2 Å². The highest BCUT2D eigenvalue weighted by molar-refractivity contribution is 5.57. The predicted molar refractivity (Wildman–Crippen MR) is 84.6 cm³/mol. The maximum Gasteiger partial charge on any atom is 0.247 e. The maximum absolute atomic E-state index is 9.29. The van der Waals surface area contributed by atoms with Crippen molar-refractivity contribution in [1.82, 2.24) is 10.2 Å². The Bertz CT molecular complexity index is 759. The van der Waals surface area contributed by atoms with Crippen molar-refractivity contribution in [1.29, 1.82) is 0 Å². The molecule has 0 saturated heterocycles. The van der Waals surface area contributed by atoms with Crippen LogP contribution in [0.1, 0.15) is 17.0 Å². The summed E-state index contributed by atoms with van der Waals surface area (Å²) in [5.74, 6) is 1.17. The Balaban J connectivity index is 1.73. The molecule has 0 unspecified atom stereocenters. The highest BCUT2D eigenvalue weighted by Gasteiger charge is 2.09. The highest BCUT2D eigenvalue weighted by Crippen LogP contribution is 2.22. The second-order valence-electron chi connectivity index (χ2n) is 5.17. The molecular formula is C17H17N3O2. The molecule has 5 heteroatoms. The average Bonchev–Trinajstić information content (AvgIpc) is 2.96. The molecule has 1 aromatic heterocycles. The van der Waals surface area contributed by atoms with Gasteiger partial charge in [-0.25, -0.2) is 0 Å². The number of rotatable bonds is 4. The van der Waals surface area contributed by atoms with Crippen molar-refractivity contribution in [3.63, 3.8) is 0 Å². The largest absolute Gasteiger partial charge is 0.508 e. The molecular weight excluding hydrogens is 278 g/mol. The van der Waals surface area contributed by atoms with E-state index in [9.17, 15) is 5.11 Å². The minimum absolute atomic E-state index is 0.209. The van der Waals surface area contributed by atoms with E-state index >= 15 is 0 Å². The van der Waals surface area contributed by atoms with Gasteiger partial charge in [0, 0.05) is 11.3 Å². The van der Waals surface area contributed by atoms with Crippen LogP contribution < -0.4 is 5.32 Å². The molecule has 0 bridgehead atoms.